The number of pyridine rings is 2. The van der Waals surface area contributed by atoms with E-state index in [0.29, 0.717) is 5.92 Å². The summed E-state index contributed by atoms with van der Waals surface area (Å²) in [5.74, 6) is 0.101. The second-order valence-corrected chi connectivity index (χ2v) is 10.4. The van der Waals surface area contributed by atoms with Crippen LogP contribution in [-0.2, 0) is 18.3 Å². The minimum atomic E-state index is -0.631. The van der Waals surface area contributed by atoms with Gasteiger partial charge in [-0.2, -0.15) is 5.10 Å². The molecule has 0 bridgehead atoms. The van der Waals surface area contributed by atoms with Crippen molar-refractivity contribution in [3.05, 3.63) is 83.7 Å². The maximum Gasteiger partial charge on any atom is 0.163 e. The standard InChI is InChI=1S/C28H29FN4O/c1-27(34)12-13-28(17-22-6-2-3-14-30-22)20(16-27)5-4-7-25-24(28)15-19-18-31-33(26(19)32-25)23-10-8-21(29)9-11-23/h2-3,6,8-11,14-15,18,20,34H,4-5,7,12-13,16-17H2,1H3/t20-,27+,28-/m1/s1. The van der Waals surface area contributed by atoms with E-state index in [-0.39, 0.29) is 11.2 Å². The van der Waals surface area contributed by atoms with Gasteiger partial charge in [-0.15, -0.1) is 0 Å². The van der Waals surface area contributed by atoms with Crippen molar-refractivity contribution in [2.24, 2.45) is 5.92 Å². The van der Waals surface area contributed by atoms with Crippen LogP contribution in [0.25, 0.3) is 16.7 Å². The molecule has 0 aliphatic heterocycles. The average Bonchev–Trinajstić information content (AvgIpc) is 3.18. The lowest BCUT2D eigenvalue weighted by Gasteiger charge is -2.49. The Bertz CT molecular complexity index is 1330. The van der Waals surface area contributed by atoms with Crippen LogP contribution in [0.5, 0.6) is 0 Å². The number of aryl methyl sites for hydroxylation is 1. The second kappa shape index (κ2) is 7.98. The van der Waals surface area contributed by atoms with Crippen LogP contribution in [0.1, 0.15) is 56.0 Å². The van der Waals surface area contributed by atoms with E-state index in [4.69, 9.17) is 4.98 Å². The minimum Gasteiger partial charge on any atom is -0.390 e. The van der Waals surface area contributed by atoms with Gasteiger partial charge in [0.05, 0.1) is 17.5 Å². The zero-order valence-corrected chi connectivity index (χ0v) is 19.4. The monoisotopic (exact) mass is 456 g/mol. The summed E-state index contributed by atoms with van der Waals surface area (Å²) in [7, 11) is 0. The number of hydrogen-bond acceptors (Lipinski definition) is 4. The molecule has 3 atom stereocenters. The third-order valence-corrected chi connectivity index (χ3v) is 8.00. The van der Waals surface area contributed by atoms with Gasteiger partial charge in [0.15, 0.2) is 5.65 Å². The molecule has 174 valence electrons. The minimum absolute atomic E-state index is 0.110. The number of rotatable bonds is 3. The number of aromatic nitrogens is 4. The Balaban J connectivity index is 1.51. The van der Waals surface area contributed by atoms with Gasteiger partial charge in [-0.05, 0) is 106 Å². The van der Waals surface area contributed by atoms with E-state index >= 15 is 0 Å². The van der Waals surface area contributed by atoms with E-state index in [1.807, 2.05) is 25.4 Å². The number of nitrogens with zero attached hydrogens (tertiary/aromatic N) is 4. The van der Waals surface area contributed by atoms with Gasteiger partial charge in [0.25, 0.3) is 0 Å². The van der Waals surface area contributed by atoms with Crippen LogP contribution in [-0.4, -0.2) is 30.5 Å². The number of fused-ring (bicyclic) bond motifs is 4. The van der Waals surface area contributed by atoms with Gasteiger partial charge >= 0.3 is 0 Å². The topological polar surface area (TPSA) is 63.8 Å². The molecule has 2 aliphatic rings. The van der Waals surface area contributed by atoms with Gasteiger partial charge in [-0.3, -0.25) is 4.98 Å². The summed E-state index contributed by atoms with van der Waals surface area (Å²) >= 11 is 0. The van der Waals surface area contributed by atoms with E-state index in [1.54, 1.807) is 16.8 Å². The predicted octanol–water partition coefficient (Wildman–Crippen LogP) is 5.32. The molecule has 6 rings (SSSR count). The first-order valence-corrected chi connectivity index (χ1v) is 12.2. The van der Waals surface area contributed by atoms with Gasteiger partial charge in [-0.25, -0.2) is 14.1 Å². The summed E-state index contributed by atoms with van der Waals surface area (Å²) in [5, 5.41) is 16.6. The highest BCUT2D eigenvalue weighted by atomic mass is 19.1. The molecule has 0 amide bonds. The molecular weight excluding hydrogens is 427 g/mol. The largest absolute Gasteiger partial charge is 0.390 e. The molecule has 1 saturated carbocycles. The first-order valence-electron chi connectivity index (χ1n) is 12.2. The average molecular weight is 457 g/mol. The number of aliphatic hydroxyl groups is 1. The Morgan fingerprint density at radius 2 is 2.00 bits per heavy atom. The predicted molar refractivity (Wildman–Crippen MR) is 129 cm³/mol. The van der Waals surface area contributed by atoms with E-state index in [1.165, 1.54) is 17.7 Å². The Kier molecular flexibility index (Phi) is 5.03. The summed E-state index contributed by atoms with van der Waals surface area (Å²) in [5.41, 5.74) is 4.37. The number of hydrogen-bond donors (Lipinski definition) is 1. The zero-order valence-electron chi connectivity index (χ0n) is 19.4. The molecule has 0 saturated heterocycles. The third kappa shape index (κ3) is 3.61. The molecule has 1 fully saturated rings. The lowest BCUT2D eigenvalue weighted by atomic mass is 9.57. The SMILES string of the molecule is C[C@]1(O)CC[C@]2(Cc3ccccn3)c3cc4cnn(-c5ccc(F)cc5)c4nc3CCC[C@@H]2C1. The lowest BCUT2D eigenvalue weighted by molar-refractivity contribution is -0.0332. The van der Waals surface area contributed by atoms with Crippen molar-refractivity contribution in [2.45, 2.75) is 62.9 Å². The van der Waals surface area contributed by atoms with Crippen molar-refractivity contribution >= 4 is 11.0 Å². The van der Waals surface area contributed by atoms with Gasteiger partial charge in [0.2, 0.25) is 0 Å². The molecule has 0 spiro atoms. The summed E-state index contributed by atoms with van der Waals surface area (Å²) in [6, 6.07) is 14.8. The van der Waals surface area contributed by atoms with E-state index in [0.717, 1.165) is 73.1 Å². The number of benzene rings is 1. The first-order chi connectivity index (χ1) is 16.4. The van der Waals surface area contributed by atoms with Gasteiger partial charge in [0.1, 0.15) is 5.82 Å². The molecule has 1 aromatic carbocycles. The molecule has 4 aromatic rings. The first kappa shape index (κ1) is 21.4. The van der Waals surface area contributed by atoms with Crippen LogP contribution in [0.3, 0.4) is 0 Å². The summed E-state index contributed by atoms with van der Waals surface area (Å²) in [4.78, 5) is 9.85. The van der Waals surface area contributed by atoms with Crippen molar-refractivity contribution in [1.82, 2.24) is 19.7 Å². The lowest BCUT2D eigenvalue weighted by Crippen LogP contribution is -2.48. The molecule has 34 heavy (non-hydrogen) atoms. The fourth-order valence-electron chi connectivity index (χ4n) is 6.32. The highest BCUT2D eigenvalue weighted by Crippen LogP contribution is 2.53. The van der Waals surface area contributed by atoms with Gasteiger partial charge in [-0.1, -0.05) is 6.07 Å². The van der Waals surface area contributed by atoms with E-state index in [9.17, 15) is 9.50 Å². The molecule has 2 aliphatic carbocycles. The van der Waals surface area contributed by atoms with E-state index in [2.05, 4.69) is 28.3 Å². The normalized spacial score (nSPS) is 26.6. The van der Waals surface area contributed by atoms with Crippen molar-refractivity contribution in [3.63, 3.8) is 0 Å². The second-order valence-electron chi connectivity index (χ2n) is 10.4. The Hall–Kier alpha value is -3.12. The Morgan fingerprint density at radius 3 is 2.79 bits per heavy atom. The molecule has 3 heterocycles. The smallest absolute Gasteiger partial charge is 0.163 e. The fraction of sp³-hybridized carbons (Fsp3) is 0.393. The van der Waals surface area contributed by atoms with Crippen LogP contribution < -0.4 is 0 Å². The molecule has 1 N–H and O–H groups in total. The molecule has 5 nitrogen and oxygen atoms in total. The van der Waals surface area contributed by atoms with Crippen LogP contribution in [0.2, 0.25) is 0 Å². The zero-order chi connectivity index (χ0) is 23.3. The van der Waals surface area contributed by atoms with Crippen molar-refractivity contribution in [1.29, 1.82) is 0 Å². The van der Waals surface area contributed by atoms with Crippen LogP contribution in [0, 0.1) is 11.7 Å². The fourth-order valence-corrected chi connectivity index (χ4v) is 6.32. The van der Waals surface area contributed by atoms with Crippen molar-refractivity contribution in [2.75, 3.05) is 0 Å². The maximum atomic E-state index is 13.5. The van der Waals surface area contributed by atoms with Crippen LogP contribution in [0.15, 0.2) is 60.9 Å². The molecule has 0 radical (unpaired) electrons. The van der Waals surface area contributed by atoms with E-state index < -0.39 is 5.60 Å². The molecule has 3 aromatic heterocycles. The molecular formula is C28H29FN4O. The maximum absolute atomic E-state index is 13.5. The quantitative estimate of drug-likeness (QED) is 0.453. The van der Waals surface area contributed by atoms with Crippen molar-refractivity contribution in [3.8, 4) is 5.69 Å². The molecule has 6 heteroatoms. The summed E-state index contributed by atoms with van der Waals surface area (Å²) in [6.07, 6.45) is 10.1. The Morgan fingerprint density at radius 1 is 1.15 bits per heavy atom. The van der Waals surface area contributed by atoms with Gasteiger partial charge in [0, 0.05) is 28.4 Å². The highest BCUT2D eigenvalue weighted by molar-refractivity contribution is 5.78. The summed E-state index contributed by atoms with van der Waals surface area (Å²) < 4.78 is 15.3. The highest BCUT2D eigenvalue weighted by Gasteiger charge is 2.50. The van der Waals surface area contributed by atoms with Crippen LogP contribution >= 0.6 is 0 Å². The third-order valence-electron chi connectivity index (χ3n) is 8.00. The van der Waals surface area contributed by atoms with Crippen molar-refractivity contribution < 1.29 is 9.50 Å². The Labute approximate surface area is 198 Å². The number of halogens is 1. The van der Waals surface area contributed by atoms with Gasteiger partial charge < -0.3 is 5.11 Å². The summed E-state index contributed by atoms with van der Waals surface area (Å²) in [6.45, 7) is 1.98. The molecule has 0 unspecified atom stereocenters. The van der Waals surface area contributed by atoms with Crippen LogP contribution in [0.4, 0.5) is 4.39 Å².